The Kier molecular flexibility index (Phi) is 3.54. The number of anilines is 1. The summed E-state index contributed by atoms with van der Waals surface area (Å²) < 4.78 is 0. The van der Waals surface area contributed by atoms with Crippen molar-refractivity contribution in [2.75, 3.05) is 25.4 Å². The first-order valence-corrected chi connectivity index (χ1v) is 7.42. The topological polar surface area (TPSA) is 92.3 Å². The van der Waals surface area contributed by atoms with Gasteiger partial charge in [-0.15, -0.1) is 16.4 Å². The summed E-state index contributed by atoms with van der Waals surface area (Å²) in [5.74, 6) is 0.103. The first-order valence-electron chi connectivity index (χ1n) is 6.60. The zero-order chi connectivity index (χ0) is 14.1. The fourth-order valence-electron chi connectivity index (χ4n) is 2.57. The van der Waals surface area contributed by atoms with Gasteiger partial charge in [-0.3, -0.25) is 4.79 Å². The molecule has 3 rings (SSSR count). The van der Waals surface area contributed by atoms with Crippen molar-refractivity contribution >= 4 is 33.1 Å². The SMILES string of the molecule is Nc1c(C(=O)N2CCCC(CO)C2)sc2nnccc12. The van der Waals surface area contributed by atoms with Gasteiger partial charge in [0.15, 0.2) is 0 Å². The van der Waals surface area contributed by atoms with Crippen LogP contribution in [0.4, 0.5) is 5.69 Å². The molecule has 7 heteroatoms. The van der Waals surface area contributed by atoms with Gasteiger partial charge < -0.3 is 15.7 Å². The molecular weight excluding hydrogens is 276 g/mol. The number of nitrogens with zero attached hydrogens (tertiary/aromatic N) is 3. The van der Waals surface area contributed by atoms with Gasteiger partial charge in [0.25, 0.3) is 5.91 Å². The maximum atomic E-state index is 12.6. The van der Waals surface area contributed by atoms with Crippen LogP contribution in [0.5, 0.6) is 0 Å². The number of aromatic nitrogens is 2. The van der Waals surface area contributed by atoms with Gasteiger partial charge in [-0.2, -0.15) is 5.10 Å². The molecule has 2 aromatic rings. The summed E-state index contributed by atoms with van der Waals surface area (Å²) in [5.41, 5.74) is 6.54. The summed E-state index contributed by atoms with van der Waals surface area (Å²) in [6, 6.07) is 1.78. The molecule has 0 aliphatic carbocycles. The first-order chi connectivity index (χ1) is 9.70. The molecule has 1 saturated heterocycles. The Bertz CT molecular complexity index is 642. The molecule has 0 radical (unpaired) electrons. The molecule has 1 aliphatic heterocycles. The van der Waals surface area contributed by atoms with Crippen LogP contribution in [0.15, 0.2) is 12.3 Å². The number of aliphatic hydroxyl groups is 1. The highest BCUT2D eigenvalue weighted by Crippen LogP contribution is 2.33. The molecule has 0 spiro atoms. The standard InChI is InChI=1S/C13H16N4O2S/c14-10-9-3-4-15-16-12(9)20-11(10)13(19)17-5-1-2-8(6-17)7-18/h3-4,8,18H,1-2,5-7,14H2. The van der Waals surface area contributed by atoms with E-state index in [0.717, 1.165) is 18.2 Å². The molecule has 0 bridgehead atoms. The number of hydrogen-bond donors (Lipinski definition) is 2. The van der Waals surface area contributed by atoms with Crippen LogP contribution >= 0.6 is 11.3 Å². The van der Waals surface area contributed by atoms with Gasteiger partial charge in [-0.25, -0.2) is 0 Å². The monoisotopic (exact) mass is 292 g/mol. The lowest BCUT2D eigenvalue weighted by Gasteiger charge is -2.31. The van der Waals surface area contributed by atoms with Crippen LogP contribution in [0.1, 0.15) is 22.5 Å². The molecule has 1 amide bonds. The van der Waals surface area contributed by atoms with E-state index in [0.29, 0.717) is 28.5 Å². The summed E-state index contributed by atoms with van der Waals surface area (Å²) in [7, 11) is 0. The van der Waals surface area contributed by atoms with E-state index in [1.54, 1.807) is 17.2 Å². The van der Waals surface area contributed by atoms with Gasteiger partial charge in [0.1, 0.15) is 9.71 Å². The summed E-state index contributed by atoms with van der Waals surface area (Å²) in [6.45, 7) is 1.43. The molecule has 6 nitrogen and oxygen atoms in total. The highest BCUT2D eigenvalue weighted by Gasteiger charge is 2.27. The highest BCUT2D eigenvalue weighted by molar-refractivity contribution is 7.21. The smallest absolute Gasteiger partial charge is 0.266 e. The molecule has 1 unspecified atom stereocenters. The Morgan fingerprint density at radius 2 is 2.45 bits per heavy atom. The third-order valence-electron chi connectivity index (χ3n) is 3.68. The van der Waals surface area contributed by atoms with Gasteiger partial charge in [0.2, 0.25) is 0 Å². The van der Waals surface area contributed by atoms with Crippen molar-refractivity contribution in [1.29, 1.82) is 0 Å². The Morgan fingerprint density at radius 3 is 3.20 bits per heavy atom. The fraction of sp³-hybridized carbons (Fsp3) is 0.462. The number of piperidine rings is 1. The number of aliphatic hydroxyl groups excluding tert-OH is 1. The van der Waals surface area contributed by atoms with Crippen molar-refractivity contribution in [3.05, 3.63) is 17.1 Å². The van der Waals surface area contributed by atoms with Crippen LogP contribution in [-0.2, 0) is 0 Å². The van der Waals surface area contributed by atoms with E-state index >= 15 is 0 Å². The third-order valence-corrected chi connectivity index (χ3v) is 4.77. The van der Waals surface area contributed by atoms with Crippen molar-refractivity contribution in [1.82, 2.24) is 15.1 Å². The van der Waals surface area contributed by atoms with Gasteiger partial charge in [0.05, 0.1) is 11.9 Å². The molecule has 20 heavy (non-hydrogen) atoms. The van der Waals surface area contributed by atoms with Crippen molar-refractivity contribution in [3.63, 3.8) is 0 Å². The van der Waals surface area contributed by atoms with E-state index in [2.05, 4.69) is 10.2 Å². The Balaban J connectivity index is 1.90. The number of carbonyl (C=O) groups excluding carboxylic acids is 1. The third kappa shape index (κ3) is 2.23. The van der Waals surface area contributed by atoms with Crippen LogP contribution in [0.3, 0.4) is 0 Å². The number of fused-ring (bicyclic) bond motifs is 1. The quantitative estimate of drug-likeness (QED) is 0.865. The molecule has 3 N–H and O–H groups in total. The second-order valence-corrected chi connectivity index (χ2v) is 6.04. The van der Waals surface area contributed by atoms with Crippen LogP contribution < -0.4 is 5.73 Å². The highest BCUT2D eigenvalue weighted by atomic mass is 32.1. The summed E-state index contributed by atoms with van der Waals surface area (Å²) in [6.07, 6.45) is 3.46. The maximum absolute atomic E-state index is 12.6. The minimum Gasteiger partial charge on any atom is -0.397 e. The molecule has 0 saturated carbocycles. The van der Waals surface area contributed by atoms with E-state index in [-0.39, 0.29) is 18.4 Å². The second-order valence-electron chi connectivity index (χ2n) is 5.04. The second kappa shape index (κ2) is 5.34. The molecule has 1 atom stereocenters. The number of nitrogens with two attached hydrogens (primary N) is 1. The van der Waals surface area contributed by atoms with Crippen LogP contribution in [0.25, 0.3) is 10.2 Å². The van der Waals surface area contributed by atoms with Crippen LogP contribution in [0, 0.1) is 5.92 Å². The number of likely N-dealkylation sites (tertiary alicyclic amines) is 1. The predicted octanol–water partition coefficient (Wildman–Crippen LogP) is 1.12. The van der Waals surface area contributed by atoms with Gasteiger partial charge in [-0.1, -0.05) is 0 Å². The van der Waals surface area contributed by atoms with E-state index in [1.165, 1.54) is 11.3 Å². The van der Waals surface area contributed by atoms with E-state index in [4.69, 9.17) is 5.73 Å². The average Bonchev–Trinajstić information content (AvgIpc) is 2.84. The Hall–Kier alpha value is -1.73. The maximum Gasteiger partial charge on any atom is 0.266 e. The minimum absolute atomic E-state index is 0.0661. The molecule has 1 aliphatic rings. The van der Waals surface area contributed by atoms with Crippen molar-refractivity contribution in [3.8, 4) is 0 Å². The van der Waals surface area contributed by atoms with E-state index < -0.39 is 0 Å². The zero-order valence-corrected chi connectivity index (χ0v) is 11.8. The number of carbonyl (C=O) groups is 1. The lowest BCUT2D eigenvalue weighted by atomic mass is 9.99. The number of thiophene rings is 1. The molecule has 106 valence electrons. The fourth-order valence-corrected chi connectivity index (χ4v) is 3.58. The van der Waals surface area contributed by atoms with Gasteiger partial charge >= 0.3 is 0 Å². The molecule has 1 fully saturated rings. The van der Waals surface area contributed by atoms with Crippen molar-refractivity contribution in [2.45, 2.75) is 12.8 Å². The van der Waals surface area contributed by atoms with Crippen molar-refractivity contribution < 1.29 is 9.90 Å². The van der Waals surface area contributed by atoms with Crippen LogP contribution in [-0.4, -0.2) is 45.8 Å². The summed E-state index contributed by atoms with van der Waals surface area (Å²) in [5, 5.41) is 17.8. The molecule has 2 aromatic heterocycles. The number of amides is 1. The van der Waals surface area contributed by atoms with Gasteiger partial charge in [-0.05, 0) is 24.8 Å². The minimum atomic E-state index is -0.0661. The Labute approximate surface area is 120 Å². The molecule has 3 heterocycles. The summed E-state index contributed by atoms with van der Waals surface area (Å²) in [4.78, 5) is 15.6. The first kappa shape index (κ1) is 13.3. The van der Waals surface area contributed by atoms with Gasteiger partial charge in [0, 0.05) is 25.1 Å². The van der Waals surface area contributed by atoms with E-state index in [9.17, 15) is 9.90 Å². The zero-order valence-electron chi connectivity index (χ0n) is 11.0. The lowest BCUT2D eigenvalue weighted by Crippen LogP contribution is -2.40. The molecular formula is C13H16N4O2S. The lowest BCUT2D eigenvalue weighted by molar-refractivity contribution is 0.0626. The number of rotatable bonds is 2. The van der Waals surface area contributed by atoms with E-state index in [1.807, 2.05) is 0 Å². The largest absolute Gasteiger partial charge is 0.397 e. The van der Waals surface area contributed by atoms with Crippen molar-refractivity contribution in [2.24, 2.45) is 5.92 Å². The Morgan fingerprint density at radius 1 is 1.60 bits per heavy atom. The number of nitrogen functional groups attached to an aromatic ring is 1. The van der Waals surface area contributed by atoms with Crippen LogP contribution in [0.2, 0.25) is 0 Å². The predicted molar refractivity (Wildman–Crippen MR) is 77.5 cm³/mol. The summed E-state index contributed by atoms with van der Waals surface area (Å²) >= 11 is 1.28. The normalized spacial score (nSPS) is 19.4. The average molecular weight is 292 g/mol. The molecule has 0 aromatic carbocycles. The number of hydrogen-bond acceptors (Lipinski definition) is 6.